The number of halogens is 1. The van der Waals surface area contributed by atoms with Crippen LogP contribution in [0.5, 0.6) is 0 Å². The highest BCUT2D eigenvalue weighted by Crippen LogP contribution is 2.28. The van der Waals surface area contributed by atoms with Crippen molar-refractivity contribution in [1.29, 1.82) is 0 Å². The largest absolute Gasteiger partial charge is 0.326 e. The van der Waals surface area contributed by atoms with Gasteiger partial charge in [0.25, 0.3) is 5.91 Å². The lowest BCUT2D eigenvalue weighted by molar-refractivity contribution is -0.137. The van der Waals surface area contributed by atoms with E-state index in [0.717, 1.165) is 11.1 Å². The number of dihydropyridines is 1. The van der Waals surface area contributed by atoms with E-state index >= 15 is 0 Å². The van der Waals surface area contributed by atoms with E-state index in [4.69, 9.17) is 11.6 Å². The Balaban J connectivity index is 1.36. The zero-order chi connectivity index (χ0) is 21.3. The average molecular weight is 430 g/mol. The zero-order valence-electron chi connectivity index (χ0n) is 16.0. The summed E-state index contributed by atoms with van der Waals surface area (Å²) in [5.74, 6) is -1.06. The van der Waals surface area contributed by atoms with Crippen LogP contribution in [0.2, 0.25) is 0 Å². The van der Waals surface area contributed by atoms with Crippen LogP contribution in [0.4, 0.5) is 4.79 Å². The number of rotatable bonds is 3. The lowest BCUT2D eigenvalue weighted by atomic mass is 10.0. The van der Waals surface area contributed by atoms with Gasteiger partial charge in [-0.1, -0.05) is 23.7 Å². The number of nitrogens with one attached hydrogen (secondary N) is 3. The molecule has 0 spiro atoms. The van der Waals surface area contributed by atoms with Crippen LogP contribution < -0.4 is 16.0 Å². The van der Waals surface area contributed by atoms with Crippen LogP contribution >= 0.6 is 11.6 Å². The summed E-state index contributed by atoms with van der Waals surface area (Å²) in [5.41, 5.74) is 2.42. The molecule has 3 heterocycles. The third-order valence-corrected chi connectivity index (χ3v) is 5.55. The number of alkyl halides is 1. The Labute approximate surface area is 177 Å². The first kappa shape index (κ1) is 20.2. The molecule has 156 valence electrons. The van der Waals surface area contributed by atoms with Gasteiger partial charge in [-0.3, -0.25) is 34.9 Å². The topological polar surface area (TPSA) is 120 Å². The smallest absolute Gasteiger partial charge is 0.306 e. The zero-order valence-corrected chi connectivity index (χ0v) is 16.7. The van der Waals surface area contributed by atoms with Crippen molar-refractivity contribution in [3.8, 4) is 0 Å². The van der Waals surface area contributed by atoms with Crippen LogP contribution in [0.25, 0.3) is 0 Å². The maximum Gasteiger partial charge on any atom is 0.326 e. The first-order valence-corrected chi connectivity index (χ1v) is 10.0. The molecule has 0 bridgehead atoms. The van der Waals surface area contributed by atoms with Crippen molar-refractivity contribution in [2.24, 2.45) is 4.99 Å². The summed E-state index contributed by atoms with van der Waals surface area (Å²) in [6, 6.07) is 4.18. The summed E-state index contributed by atoms with van der Waals surface area (Å²) in [6.07, 6.45) is 4.47. The van der Waals surface area contributed by atoms with Gasteiger partial charge >= 0.3 is 6.03 Å². The van der Waals surface area contributed by atoms with E-state index in [1.54, 1.807) is 18.2 Å². The van der Waals surface area contributed by atoms with Gasteiger partial charge in [0.2, 0.25) is 11.8 Å². The number of piperidine rings is 1. The fourth-order valence-electron chi connectivity index (χ4n) is 3.73. The lowest BCUT2D eigenvalue weighted by Crippen LogP contribution is -2.50. The van der Waals surface area contributed by atoms with Crippen LogP contribution in [0, 0.1) is 0 Å². The first-order chi connectivity index (χ1) is 14.4. The Bertz CT molecular complexity index is 989. The van der Waals surface area contributed by atoms with Gasteiger partial charge in [0, 0.05) is 37.7 Å². The highest BCUT2D eigenvalue weighted by molar-refractivity contribution is 6.21. The number of imide groups is 2. The molecule has 9 nitrogen and oxygen atoms in total. The molecule has 3 aliphatic rings. The van der Waals surface area contributed by atoms with Gasteiger partial charge in [0.15, 0.2) is 0 Å². The standard InChI is InChI=1S/C20H20ClN5O4/c21-16-5-3-14(8-22-16)23-20(30)25-18(28)11-1-2-12-9-26(10-13(12)7-11)15-4-6-17(27)24-19(15)29/h1-3,7-8,15-16H,4-6,9-10H2,(H,24,27,29)(H2,23,25,28,30). The second kappa shape index (κ2) is 8.37. The number of aliphatic imine (C=N–C) groups is 1. The minimum atomic E-state index is -0.656. The van der Waals surface area contributed by atoms with Gasteiger partial charge in [-0.15, -0.1) is 0 Å². The SMILES string of the molecule is O=C1CCC(N2Cc3ccc(C(=O)NC(=O)NC4=CCC(Cl)N=C4)cc3C2)C(=O)N1. The molecule has 5 amide bonds. The summed E-state index contributed by atoms with van der Waals surface area (Å²) in [6.45, 7) is 1.07. The fraction of sp³-hybridized carbons (Fsp3) is 0.350. The normalized spacial score (nSPS) is 23.4. The van der Waals surface area contributed by atoms with Crippen LogP contribution in [0.1, 0.15) is 40.7 Å². The lowest BCUT2D eigenvalue weighted by Gasteiger charge is -2.29. The molecule has 1 saturated heterocycles. The summed E-state index contributed by atoms with van der Waals surface area (Å²) in [4.78, 5) is 54.0. The molecule has 2 unspecified atom stereocenters. The van der Waals surface area contributed by atoms with Crippen molar-refractivity contribution in [3.05, 3.63) is 46.7 Å². The molecule has 1 aromatic rings. The fourth-order valence-corrected chi connectivity index (χ4v) is 3.88. The maximum absolute atomic E-state index is 12.5. The van der Waals surface area contributed by atoms with Crippen molar-refractivity contribution in [2.45, 2.75) is 43.9 Å². The van der Waals surface area contributed by atoms with Gasteiger partial charge in [-0.05, 0) is 29.7 Å². The monoisotopic (exact) mass is 429 g/mol. The molecule has 0 radical (unpaired) electrons. The van der Waals surface area contributed by atoms with Gasteiger partial charge in [-0.2, -0.15) is 0 Å². The average Bonchev–Trinajstić information content (AvgIpc) is 3.12. The number of benzene rings is 1. The third kappa shape index (κ3) is 4.42. The molecule has 0 aliphatic carbocycles. The number of carbonyl (C=O) groups is 4. The number of hydrogen-bond acceptors (Lipinski definition) is 6. The molecule has 1 aromatic carbocycles. The number of hydrogen-bond donors (Lipinski definition) is 3. The molecule has 3 aliphatic heterocycles. The Kier molecular flexibility index (Phi) is 5.65. The van der Waals surface area contributed by atoms with E-state index in [1.807, 2.05) is 11.0 Å². The molecule has 1 fully saturated rings. The summed E-state index contributed by atoms with van der Waals surface area (Å²) < 4.78 is 0. The van der Waals surface area contributed by atoms with Crippen molar-refractivity contribution in [3.63, 3.8) is 0 Å². The van der Waals surface area contributed by atoms with Crippen molar-refractivity contribution < 1.29 is 19.2 Å². The second-order valence-corrected chi connectivity index (χ2v) is 7.88. The number of nitrogens with zero attached hydrogens (tertiary/aromatic N) is 2. The van der Waals surface area contributed by atoms with Crippen LogP contribution in [0.15, 0.2) is 35.0 Å². The number of allylic oxidation sites excluding steroid dienone is 1. The number of urea groups is 1. The quantitative estimate of drug-likeness (QED) is 0.378. The summed E-state index contributed by atoms with van der Waals surface area (Å²) >= 11 is 5.84. The Morgan fingerprint density at radius 2 is 2.00 bits per heavy atom. The third-order valence-electron chi connectivity index (χ3n) is 5.26. The molecule has 0 saturated carbocycles. The van der Waals surface area contributed by atoms with Crippen molar-refractivity contribution in [1.82, 2.24) is 20.9 Å². The van der Waals surface area contributed by atoms with Gasteiger partial charge in [0.1, 0.15) is 5.50 Å². The number of carbonyl (C=O) groups excluding carboxylic acids is 4. The minimum absolute atomic E-state index is 0.247. The minimum Gasteiger partial charge on any atom is -0.306 e. The molecular formula is C20H20ClN5O4. The maximum atomic E-state index is 12.5. The van der Waals surface area contributed by atoms with E-state index in [-0.39, 0.29) is 23.4 Å². The Morgan fingerprint density at radius 1 is 1.20 bits per heavy atom. The Hall–Kier alpha value is -3.04. The molecule has 10 heteroatoms. The predicted octanol–water partition coefficient (Wildman–Crippen LogP) is 1.17. The van der Waals surface area contributed by atoms with E-state index in [1.165, 1.54) is 6.21 Å². The summed E-state index contributed by atoms with van der Waals surface area (Å²) in [5, 5.41) is 7.22. The molecule has 4 rings (SSSR count). The predicted molar refractivity (Wildman–Crippen MR) is 109 cm³/mol. The van der Waals surface area contributed by atoms with Crippen molar-refractivity contribution in [2.75, 3.05) is 0 Å². The van der Waals surface area contributed by atoms with Crippen LogP contribution in [0.3, 0.4) is 0 Å². The first-order valence-electron chi connectivity index (χ1n) is 9.58. The van der Waals surface area contributed by atoms with Crippen LogP contribution in [-0.2, 0) is 22.7 Å². The van der Waals surface area contributed by atoms with Gasteiger partial charge < -0.3 is 5.32 Å². The highest BCUT2D eigenvalue weighted by Gasteiger charge is 2.34. The van der Waals surface area contributed by atoms with Crippen LogP contribution in [-0.4, -0.2) is 46.4 Å². The van der Waals surface area contributed by atoms with E-state index in [0.29, 0.717) is 43.6 Å². The second-order valence-electron chi connectivity index (χ2n) is 7.37. The molecule has 30 heavy (non-hydrogen) atoms. The molecule has 2 atom stereocenters. The molecule has 0 aromatic heterocycles. The number of fused-ring (bicyclic) bond motifs is 1. The van der Waals surface area contributed by atoms with Gasteiger partial charge in [0.05, 0.1) is 11.7 Å². The molecular weight excluding hydrogens is 410 g/mol. The van der Waals surface area contributed by atoms with Gasteiger partial charge in [-0.25, -0.2) is 4.79 Å². The van der Waals surface area contributed by atoms with E-state index < -0.39 is 11.9 Å². The summed E-state index contributed by atoms with van der Waals surface area (Å²) in [7, 11) is 0. The van der Waals surface area contributed by atoms with E-state index in [9.17, 15) is 19.2 Å². The van der Waals surface area contributed by atoms with E-state index in [2.05, 4.69) is 20.9 Å². The Morgan fingerprint density at radius 3 is 2.73 bits per heavy atom. The highest BCUT2D eigenvalue weighted by atomic mass is 35.5. The number of amides is 5. The molecule has 3 N–H and O–H groups in total. The van der Waals surface area contributed by atoms with Crippen molar-refractivity contribution >= 4 is 41.6 Å².